The zero-order valence-electron chi connectivity index (χ0n) is 15.6. The third-order valence-corrected chi connectivity index (χ3v) is 6.32. The number of benzene rings is 2. The number of hydrogen-bond acceptors (Lipinski definition) is 5. The van der Waals surface area contributed by atoms with Crippen LogP contribution in [0.5, 0.6) is 0 Å². The van der Waals surface area contributed by atoms with Crippen molar-refractivity contribution < 1.29 is 13.2 Å². The Balaban J connectivity index is 1.53. The molecule has 2 aromatic carbocycles. The van der Waals surface area contributed by atoms with Crippen molar-refractivity contribution in [2.45, 2.75) is 24.7 Å². The molecule has 8 heteroatoms. The number of hydrogen-bond donors (Lipinski definition) is 2. The van der Waals surface area contributed by atoms with E-state index in [9.17, 15) is 13.2 Å². The molecular formula is C20H22N4O3S. The molecule has 2 aliphatic heterocycles. The van der Waals surface area contributed by atoms with Crippen molar-refractivity contribution in [2.75, 3.05) is 29.3 Å². The molecule has 2 aromatic rings. The van der Waals surface area contributed by atoms with Crippen LogP contribution in [0, 0.1) is 0 Å². The molecular weight excluding hydrogens is 376 g/mol. The van der Waals surface area contributed by atoms with E-state index in [0.717, 1.165) is 42.2 Å². The average Bonchev–Trinajstić information content (AvgIpc) is 3.12. The molecule has 0 radical (unpaired) electrons. The largest absolute Gasteiger partial charge is 0.370 e. The number of carbonyl (C=O) groups excluding carboxylic acids is 1. The summed E-state index contributed by atoms with van der Waals surface area (Å²) >= 11 is 0. The summed E-state index contributed by atoms with van der Waals surface area (Å²) in [6, 6.07) is 12.1. The Labute approximate surface area is 164 Å². The number of fused-ring (bicyclic) bond motifs is 1. The number of amides is 1. The Bertz CT molecular complexity index is 1050. The fraction of sp³-hybridized carbons (Fsp3) is 0.300. The second-order valence-corrected chi connectivity index (χ2v) is 8.59. The fourth-order valence-electron chi connectivity index (χ4n) is 3.51. The van der Waals surface area contributed by atoms with E-state index in [1.807, 2.05) is 12.1 Å². The van der Waals surface area contributed by atoms with Gasteiger partial charge in [0.15, 0.2) is 0 Å². The molecule has 0 saturated heterocycles. The molecule has 0 fully saturated rings. The van der Waals surface area contributed by atoms with E-state index in [0.29, 0.717) is 18.7 Å². The smallest absolute Gasteiger partial charge is 0.261 e. The van der Waals surface area contributed by atoms with Gasteiger partial charge < -0.3 is 10.2 Å². The number of nitrogens with one attached hydrogen (secondary N) is 2. The molecule has 2 heterocycles. The van der Waals surface area contributed by atoms with Crippen molar-refractivity contribution in [1.82, 2.24) is 5.32 Å². The topological polar surface area (TPSA) is 90.9 Å². The van der Waals surface area contributed by atoms with E-state index < -0.39 is 10.0 Å². The van der Waals surface area contributed by atoms with Crippen LogP contribution in [-0.2, 0) is 21.2 Å². The van der Waals surface area contributed by atoms with Gasteiger partial charge in [-0.1, -0.05) is 0 Å². The summed E-state index contributed by atoms with van der Waals surface area (Å²) in [6.07, 6.45) is 1.68. The third kappa shape index (κ3) is 3.60. The monoisotopic (exact) mass is 398 g/mol. The van der Waals surface area contributed by atoms with Crippen LogP contribution in [0.15, 0.2) is 52.4 Å². The number of nitrogens with zero attached hydrogens (tertiary/aromatic N) is 2. The number of anilines is 2. The molecule has 0 aromatic heterocycles. The van der Waals surface area contributed by atoms with E-state index in [4.69, 9.17) is 0 Å². The molecule has 4 rings (SSSR count). The van der Waals surface area contributed by atoms with Crippen molar-refractivity contribution in [3.05, 3.63) is 53.6 Å². The minimum absolute atomic E-state index is 0.0374. The van der Waals surface area contributed by atoms with Crippen molar-refractivity contribution >= 4 is 33.1 Å². The Morgan fingerprint density at radius 1 is 1.18 bits per heavy atom. The summed E-state index contributed by atoms with van der Waals surface area (Å²) < 4.78 is 28.2. The second-order valence-electron chi connectivity index (χ2n) is 6.90. The van der Waals surface area contributed by atoms with Crippen molar-refractivity contribution in [3.8, 4) is 0 Å². The van der Waals surface area contributed by atoms with Crippen molar-refractivity contribution in [2.24, 2.45) is 4.99 Å². The molecule has 0 saturated carbocycles. The van der Waals surface area contributed by atoms with E-state index >= 15 is 0 Å². The van der Waals surface area contributed by atoms with E-state index in [2.05, 4.69) is 15.0 Å². The fourth-order valence-corrected chi connectivity index (χ4v) is 4.62. The minimum atomic E-state index is -3.71. The molecule has 0 bridgehead atoms. The van der Waals surface area contributed by atoms with Gasteiger partial charge >= 0.3 is 0 Å². The van der Waals surface area contributed by atoms with Crippen molar-refractivity contribution in [1.29, 1.82) is 0 Å². The highest BCUT2D eigenvalue weighted by molar-refractivity contribution is 7.92. The first-order valence-electron chi connectivity index (χ1n) is 9.27. The minimum Gasteiger partial charge on any atom is -0.370 e. The lowest BCUT2D eigenvalue weighted by Gasteiger charge is -2.16. The number of rotatable bonds is 4. The van der Waals surface area contributed by atoms with E-state index in [-0.39, 0.29) is 10.8 Å². The maximum atomic E-state index is 12.8. The summed E-state index contributed by atoms with van der Waals surface area (Å²) in [5.41, 5.74) is 3.09. The molecule has 2 aliphatic rings. The number of sulfonamides is 1. The third-order valence-electron chi connectivity index (χ3n) is 4.94. The molecule has 146 valence electrons. The van der Waals surface area contributed by atoms with Crippen LogP contribution >= 0.6 is 0 Å². The van der Waals surface area contributed by atoms with Gasteiger partial charge in [-0.2, -0.15) is 0 Å². The van der Waals surface area contributed by atoms with Gasteiger partial charge in [-0.05, 0) is 60.9 Å². The van der Waals surface area contributed by atoms with Crippen molar-refractivity contribution in [3.63, 3.8) is 0 Å². The normalized spacial score (nSPS) is 16.2. The molecule has 7 nitrogen and oxygen atoms in total. The highest BCUT2D eigenvalue weighted by atomic mass is 32.2. The van der Waals surface area contributed by atoms with Crippen LogP contribution in [0.25, 0.3) is 0 Å². The summed E-state index contributed by atoms with van der Waals surface area (Å²) in [5.74, 6) is 0.805. The van der Waals surface area contributed by atoms with Gasteiger partial charge in [-0.25, -0.2) is 8.42 Å². The quantitative estimate of drug-likeness (QED) is 0.826. The Morgan fingerprint density at radius 3 is 2.64 bits per heavy atom. The lowest BCUT2D eigenvalue weighted by molar-refractivity contribution is -0.116. The predicted octanol–water partition coefficient (Wildman–Crippen LogP) is 2.14. The van der Waals surface area contributed by atoms with Gasteiger partial charge in [-0.15, -0.1) is 0 Å². The molecule has 0 unspecified atom stereocenters. The lowest BCUT2D eigenvalue weighted by Crippen LogP contribution is -2.30. The average molecular weight is 398 g/mol. The summed E-state index contributed by atoms with van der Waals surface area (Å²) in [7, 11) is -3.71. The van der Waals surface area contributed by atoms with Gasteiger partial charge in [0.1, 0.15) is 5.84 Å². The Morgan fingerprint density at radius 2 is 1.96 bits per heavy atom. The van der Waals surface area contributed by atoms with Crippen LogP contribution in [-0.4, -0.2) is 39.8 Å². The zero-order valence-corrected chi connectivity index (χ0v) is 16.4. The first kappa shape index (κ1) is 18.5. The molecule has 0 aliphatic carbocycles. The van der Waals surface area contributed by atoms with E-state index in [1.54, 1.807) is 29.2 Å². The number of aliphatic imine (C=N–C) groups is 1. The standard InChI is InChI=1S/C20H22N4O3S/c1-14(25)24-12-9-16-13-18(7-8-19(16)24)28(26,27)23-17-5-3-15(4-6-17)20-21-10-2-11-22-20/h3-8,13,23H,2,9-12H2,1H3,(H,21,22). The van der Waals surface area contributed by atoms with Gasteiger partial charge in [0.2, 0.25) is 5.91 Å². The molecule has 1 amide bonds. The number of carbonyl (C=O) groups is 1. The number of amidine groups is 1. The molecule has 28 heavy (non-hydrogen) atoms. The Kier molecular flexibility index (Phi) is 4.80. The highest BCUT2D eigenvalue weighted by Gasteiger charge is 2.24. The van der Waals surface area contributed by atoms with Gasteiger partial charge in [0.05, 0.1) is 4.90 Å². The zero-order chi connectivity index (χ0) is 19.7. The molecule has 2 N–H and O–H groups in total. The Hall–Kier alpha value is -2.87. The lowest BCUT2D eigenvalue weighted by atomic mass is 10.1. The SMILES string of the molecule is CC(=O)N1CCc2cc(S(=O)(=O)Nc3ccc(C4=NCCCN4)cc3)ccc21. The molecule has 0 atom stereocenters. The van der Waals surface area contributed by atoms with Crippen LogP contribution in [0.4, 0.5) is 11.4 Å². The van der Waals surface area contributed by atoms with Gasteiger partial charge in [-0.3, -0.25) is 14.5 Å². The summed E-state index contributed by atoms with van der Waals surface area (Å²) in [5, 5.41) is 3.25. The van der Waals surface area contributed by atoms with Crippen LogP contribution < -0.4 is 14.9 Å². The predicted molar refractivity (Wildman–Crippen MR) is 109 cm³/mol. The van der Waals surface area contributed by atoms with Gasteiger partial charge in [0, 0.05) is 43.5 Å². The maximum Gasteiger partial charge on any atom is 0.261 e. The van der Waals surface area contributed by atoms with E-state index in [1.165, 1.54) is 13.0 Å². The first-order chi connectivity index (χ1) is 13.4. The van der Waals surface area contributed by atoms with Crippen LogP contribution in [0.1, 0.15) is 24.5 Å². The van der Waals surface area contributed by atoms with Crippen LogP contribution in [0.3, 0.4) is 0 Å². The van der Waals surface area contributed by atoms with Crippen LogP contribution in [0.2, 0.25) is 0 Å². The second kappa shape index (κ2) is 7.27. The van der Waals surface area contributed by atoms with Gasteiger partial charge in [0.25, 0.3) is 10.0 Å². The maximum absolute atomic E-state index is 12.8. The summed E-state index contributed by atoms with van der Waals surface area (Å²) in [6.45, 7) is 3.79. The summed E-state index contributed by atoms with van der Waals surface area (Å²) in [4.78, 5) is 18.0. The first-order valence-corrected chi connectivity index (χ1v) is 10.7. The highest BCUT2D eigenvalue weighted by Crippen LogP contribution is 2.30. The molecule has 0 spiro atoms.